The van der Waals surface area contributed by atoms with Crippen LogP contribution < -0.4 is 15.8 Å². The quantitative estimate of drug-likeness (QED) is 0.787. The molecule has 0 heterocycles. The number of carbonyl (C=O) groups is 1. The highest BCUT2D eigenvalue weighted by Gasteiger charge is 2.22. The van der Waals surface area contributed by atoms with Crippen LogP contribution in [0.2, 0.25) is 0 Å². The largest absolute Gasteiger partial charge is 0.493 e. The van der Waals surface area contributed by atoms with Crippen molar-refractivity contribution in [3.8, 4) is 5.75 Å². The van der Waals surface area contributed by atoms with Gasteiger partial charge in [-0.3, -0.25) is 4.79 Å². The summed E-state index contributed by atoms with van der Waals surface area (Å²) in [7, 11) is 0. The monoisotopic (exact) mass is 262 g/mol. The summed E-state index contributed by atoms with van der Waals surface area (Å²) in [4.78, 5) is 11.4. The Kier molecular flexibility index (Phi) is 4.80. The number of benzene rings is 1. The fourth-order valence-electron chi connectivity index (χ4n) is 1.85. The molecule has 4 heteroatoms. The van der Waals surface area contributed by atoms with Crippen molar-refractivity contribution in [1.29, 1.82) is 0 Å². The van der Waals surface area contributed by atoms with E-state index in [1.807, 2.05) is 25.1 Å². The lowest BCUT2D eigenvalue weighted by atomic mass is 10.1. The maximum absolute atomic E-state index is 11.4. The van der Waals surface area contributed by atoms with Gasteiger partial charge in [0.25, 0.3) is 0 Å². The lowest BCUT2D eigenvalue weighted by molar-refractivity contribution is -0.121. The molecular weight excluding hydrogens is 240 g/mol. The first-order chi connectivity index (χ1) is 9.19. The summed E-state index contributed by atoms with van der Waals surface area (Å²) < 4.78 is 5.86. The Morgan fingerprint density at radius 2 is 2.26 bits per heavy atom. The van der Waals surface area contributed by atoms with Gasteiger partial charge in [-0.15, -0.1) is 0 Å². The van der Waals surface area contributed by atoms with Gasteiger partial charge in [0.1, 0.15) is 5.75 Å². The average molecular weight is 262 g/mol. The Labute approximate surface area is 114 Å². The maximum atomic E-state index is 11.4. The molecule has 1 aliphatic carbocycles. The van der Waals surface area contributed by atoms with Crippen molar-refractivity contribution in [2.45, 2.75) is 32.7 Å². The molecule has 0 saturated heterocycles. The molecule has 3 N–H and O–H groups in total. The molecule has 19 heavy (non-hydrogen) atoms. The number of hydrogen-bond acceptors (Lipinski definition) is 3. The number of rotatable bonds is 7. The molecule has 0 bridgehead atoms. The normalized spacial score (nSPS) is 14.2. The van der Waals surface area contributed by atoms with E-state index >= 15 is 0 Å². The summed E-state index contributed by atoms with van der Waals surface area (Å²) in [6.45, 7) is 3.71. The Balaban J connectivity index is 1.94. The minimum Gasteiger partial charge on any atom is -0.493 e. The number of hydrogen-bond donors (Lipinski definition) is 2. The zero-order valence-corrected chi connectivity index (χ0v) is 11.4. The topological polar surface area (TPSA) is 64.4 Å². The molecule has 0 aromatic heterocycles. The lowest BCUT2D eigenvalue weighted by Gasteiger charge is -2.13. The summed E-state index contributed by atoms with van der Waals surface area (Å²) in [6, 6.07) is 6.08. The van der Waals surface area contributed by atoms with E-state index in [0.717, 1.165) is 23.8 Å². The first-order valence-corrected chi connectivity index (χ1v) is 6.88. The molecule has 1 aromatic rings. The first-order valence-electron chi connectivity index (χ1n) is 6.88. The van der Waals surface area contributed by atoms with E-state index < -0.39 is 0 Å². The van der Waals surface area contributed by atoms with Gasteiger partial charge in [0, 0.05) is 25.1 Å². The number of nitrogens with one attached hydrogen (secondary N) is 1. The molecule has 1 aliphatic rings. The molecule has 1 amide bonds. The lowest BCUT2D eigenvalue weighted by Crippen LogP contribution is -2.25. The van der Waals surface area contributed by atoms with Crippen LogP contribution in [0.4, 0.5) is 0 Å². The molecule has 1 saturated carbocycles. The van der Waals surface area contributed by atoms with Crippen molar-refractivity contribution in [1.82, 2.24) is 5.32 Å². The third-order valence-corrected chi connectivity index (χ3v) is 3.24. The second-order valence-electron chi connectivity index (χ2n) is 5.18. The van der Waals surface area contributed by atoms with Crippen LogP contribution in [0.5, 0.6) is 5.75 Å². The number of ether oxygens (including phenoxy) is 1. The molecule has 0 radical (unpaired) electrons. The van der Waals surface area contributed by atoms with E-state index in [0.29, 0.717) is 19.5 Å². The van der Waals surface area contributed by atoms with Crippen LogP contribution in [0.3, 0.4) is 0 Å². The number of aryl methyl sites for hydroxylation is 1. The summed E-state index contributed by atoms with van der Waals surface area (Å²) in [6.07, 6.45) is 2.91. The molecule has 0 atom stereocenters. The second kappa shape index (κ2) is 6.57. The Morgan fingerprint density at radius 1 is 1.47 bits per heavy atom. The van der Waals surface area contributed by atoms with E-state index in [1.54, 1.807) is 0 Å². The summed E-state index contributed by atoms with van der Waals surface area (Å²) in [5, 5.41) is 2.86. The molecule has 0 aliphatic heterocycles. The van der Waals surface area contributed by atoms with Gasteiger partial charge in [-0.25, -0.2) is 0 Å². The summed E-state index contributed by atoms with van der Waals surface area (Å²) in [5.74, 6) is 1.59. The SMILES string of the molecule is Cc1ccc(CNC(=O)CCN)c(OCC2CC2)c1. The van der Waals surface area contributed by atoms with Gasteiger partial charge in [-0.2, -0.15) is 0 Å². The van der Waals surface area contributed by atoms with Gasteiger partial charge >= 0.3 is 0 Å². The Morgan fingerprint density at radius 3 is 2.95 bits per heavy atom. The number of amides is 1. The smallest absolute Gasteiger partial charge is 0.221 e. The van der Waals surface area contributed by atoms with E-state index in [1.165, 1.54) is 18.4 Å². The molecule has 2 rings (SSSR count). The highest BCUT2D eigenvalue weighted by molar-refractivity contribution is 5.76. The maximum Gasteiger partial charge on any atom is 0.221 e. The predicted molar refractivity (Wildman–Crippen MR) is 74.9 cm³/mol. The second-order valence-corrected chi connectivity index (χ2v) is 5.18. The number of nitrogens with two attached hydrogens (primary N) is 1. The minimum atomic E-state index is -0.0174. The molecule has 104 valence electrons. The van der Waals surface area contributed by atoms with Crippen molar-refractivity contribution in [3.05, 3.63) is 29.3 Å². The van der Waals surface area contributed by atoms with Gasteiger partial charge in [-0.05, 0) is 37.3 Å². The van der Waals surface area contributed by atoms with Crippen LogP contribution in [-0.2, 0) is 11.3 Å². The van der Waals surface area contributed by atoms with Crippen LogP contribution >= 0.6 is 0 Å². The third-order valence-electron chi connectivity index (χ3n) is 3.24. The zero-order chi connectivity index (χ0) is 13.7. The molecule has 4 nitrogen and oxygen atoms in total. The number of carbonyl (C=O) groups excluding carboxylic acids is 1. The van der Waals surface area contributed by atoms with Gasteiger partial charge in [0.15, 0.2) is 0 Å². The van der Waals surface area contributed by atoms with E-state index in [4.69, 9.17) is 10.5 Å². The third kappa shape index (κ3) is 4.56. The van der Waals surface area contributed by atoms with Gasteiger partial charge < -0.3 is 15.8 Å². The first kappa shape index (κ1) is 13.9. The molecular formula is C15H22N2O2. The average Bonchev–Trinajstić information content (AvgIpc) is 3.19. The van der Waals surface area contributed by atoms with Crippen molar-refractivity contribution >= 4 is 5.91 Å². The summed E-state index contributed by atoms with van der Waals surface area (Å²) in [5.41, 5.74) is 7.54. The highest BCUT2D eigenvalue weighted by Crippen LogP contribution is 2.30. The predicted octanol–water partition coefficient (Wildman–Crippen LogP) is 1.75. The van der Waals surface area contributed by atoms with Crippen LogP contribution in [0.15, 0.2) is 18.2 Å². The zero-order valence-electron chi connectivity index (χ0n) is 11.4. The van der Waals surface area contributed by atoms with Gasteiger partial charge in [-0.1, -0.05) is 12.1 Å². The fourth-order valence-corrected chi connectivity index (χ4v) is 1.85. The molecule has 1 aromatic carbocycles. The van der Waals surface area contributed by atoms with Crippen LogP contribution in [0, 0.1) is 12.8 Å². The fraction of sp³-hybridized carbons (Fsp3) is 0.533. The van der Waals surface area contributed by atoms with Crippen LogP contribution in [0.1, 0.15) is 30.4 Å². The van der Waals surface area contributed by atoms with Crippen molar-refractivity contribution < 1.29 is 9.53 Å². The van der Waals surface area contributed by atoms with E-state index in [9.17, 15) is 4.79 Å². The van der Waals surface area contributed by atoms with E-state index in [-0.39, 0.29) is 5.91 Å². The minimum absolute atomic E-state index is 0.0174. The van der Waals surface area contributed by atoms with Gasteiger partial charge in [0.2, 0.25) is 5.91 Å². The summed E-state index contributed by atoms with van der Waals surface area (Å²) >= 11 is 0. The molecule has 0 spiro atoms. The molecule has 0 unspecified atom stereocenters. The van der Waals surface area contributed by atoms with Crippen LogP contribution in [-0.4, -0.2) is 19.1 Å². The molecule has 1 fully saturated rings. The Bertz CT molecular complexity index is 442. The van der Waals surface area contributed by atoms with Crippen LogP contribution in [0.25, 0.3) is 0 Å². The van der Waals surface area contributed by atoms with Crippen molar-refractivity contribution in [2.75, 3.05) is 13.2 Å². The van der Waals surface area contributed by atoms with Crippen molar-refractivity contribution in [3.63, 3.8) is 0 Å². The van der Waals surface area contributed by atoms with E-state index in [2.05, 4.69) is 5.32 Å². The van der Waals surface area contributed by atoms with Crippen molar-refractivity contribution in [2.24, 2.45) is 11.7 Å². The standard InChI is InChI=1S/C15H22N2O2/c1-11-2-5-13(9-17-15(18)6-7-16)14(8-11)19-10-12-3-4-12/h2,5,8,12H,3-4,6-7,9-10,16H2,1H3,(H,17,18). The highest BCUT2D eigenvalue weighted by atomic mass is 16.5. The Hall–Kier alpha value is -1.55. The van der Waals surface area contributed by atoms with Gasteiger partial charge in [0.05, 0.1) is 6.61 Å².